The van der Waals surface area contributed by atoms with Crippen molar-refractivity contribution in [2.45, 2.75) is 11.3 Å². The Kier molecular flexibility index (Phi) is 4.40. The minimum Gasteiger partial charge on any atom is -0.388 e. The second-order valence-corrected chi connectivity index (χ2v) is 6.46. The van der Waals surface area contributed by atoms with E-state index in [1.54, 1.807) is 12.1 Å². The number of aliphatic hydroxyl groups is 1. The van der Waals surface area contributed by atoms with Crippen molar-refractivity contribution in [3.05, 3.63) is 58.1 Å². The molecule has 2 N–H and O–H groups in total. The number of fused-ring (bicyclic) bond motifs is 1. The second-order valence-electron chi connectivity index (χ2n) is 4.58. The normalized spacial score (nSPS) is 12.7. The summed E-state index contributed by atoms with van der Waals surface area (Å²) in [5, 5.41) is 12.3. The van der Waals surface area contributed by atoms with Crippen LogP contribution in [-0.2, 0) is 0 Å². The average Bonchev–Trinajstić information content (AvgIpc) is 2.87. The fourth-order valence-electron chi connectivity index (χ4n) is 1.97. The molecule has 0 unspecified atom stereocenters. The Bertz CT molecular complexity index is 758. The van der Waals surface area contributed by atoms with Crippen LogP contribution in [0, 0.1) is 0 Å². The van der Waals surface area contributed by atoms with E-state index in [1.807, 2.05) is 30.3 Å². The van der Waals surface area contributed by atoms with Gasteiger partial charge in [-0.2, -0.15) is 0 Å². The highest BCUT2D eigenvalue weighted by Gasteiger charge is 2.10. The Morgan fingerprint density at radius 1 is 1.10 bits per heavy atom. The van der Waals surface area contributed by atoms with Gasteiger partial charge in [0.2, 0.25) is 0 Å². The van der Waals surface area contributed by atoms with Crippen LogP contribution in [0.25, 0.3) is 11.0 Å². The Morgan fingerprint density at radius 2 is 1.81 bits per heavy atom. The maximum Gasteiger partial charge on any atom is 0.166 e. The average molecular weight is 339 g/mol. The van der Waals surface area contributed by atoms with Gasteiger partial charge in [-0.25, -0.2) is 4.98 Å². The van der Waals surface area contributed by atoms with E-state index in [9.17, 15) is 5.11 Å². The van der Waals surface area contributed by atoms with Gasteiger partial charge in [0, 0.05) is 15.8 Å². The number of aliphatic hydroxyl groups excluding tert-OH is 1. The largest absolute Gasteiger partial charge is 0.388 e. The molecule has 1 aromatic heterocycles. The van der Waals surface area contributed by atoms with Gasteiger partial charge in [0.15, 0.2) is 5.16 Å². The smallest absolute Gasteiger partial charge is 0.166 e. The van der Waals surface area contributed by atoms with Gasteiger partial charge in [0.25, 0.3) is 0 Å². The molecule has 0 bridgehead atoms. The molecule has 0 fully saturated rings. The van der Waals surface area contributed by atoms with Gasteiger partial charge in [-0.3, -0.25) is 0 Å². The summed E-state index contributed by atoms with van der Waals surface area (Å²) in [7, 11) is 0. The van der Waals surface area contributed by atoms with Crippen molar-refractivity contribution >= 4 is 46.0 Å². The molecule has 2 aromatic carbocycles. The highest BCUT2D eigenvalue weighted by atomic mass is 35.5. The molecule has 0 aliphatic rings. The summed E-state index contributed by atoms with van der Waals surface area (Å²) in [6.45, 7) is 0. The first-order valence-corrected chi connectivity index (χ1v) is 8.07. The summed E-state index contributed by atoms with van der Waals surface area (Å²) < 4.78 is 0. The molecule has 1 heterocycles. The first-order chi connectivity index (χ1) is 10.1. The zero-order valence-corrected chi connectivity index (χ0v) is 13.2. The minimum absolute atomic E-state index is 0.509. The van der Waals surface area contributed by atoms with Gasteiger partial charge in [0.1, 0.15) is 0 Å². The monoisotopic (exact) mass is 338 g/mol. The zero-order valence-electron chi connectivity index (χ0n) is 10.9. The third kappa shape index (κ3) is 3.52. The second kappa shape index (κ2) is 6.28. The molecule has 0 aliphatic carbocycles. The zero-order chi connectivity index (χ0) is 14.8. The molecule has 21 heavy (non-hydrogen) atoms. The SMILES string of the molecule is O[C@H](CSc1nc2ccc(Cl)cc2[nH]1)c1ccc(Cl)cc1. The summed E-state index contributed by atoms with van der Waals surface area (Å²) in [4.78, 5) is 7.64. The maximum absolute atomic E-state index is 10.2. The van der Waals surface area contributed by atoms with Crippen LogP contribution < -0.4 is 0 Å². The van der Waals surface area contributed by atoms with E-state index in [4.69, 9.17) is 23.2 Å². The summed E-state index contributed by atoms with van der Waals surface area (Å²) in [5.41, 5.74) is 2.60. The van der Waals surface area contributed by atoms with Crippen LogP contribution in [0.2, 0.25) is 10.0 Å². The standard InChI is InChI=1S/C15H12Cl2N2OS/c16-10-3-1-9(2-4-10)14(20)8-21-15-18-12-6-5-11(17)7-13(12)19-15/h1-7,14,20H,8H2,(H,18,19)/t14-/m1/s1. The van der Waals surface area contributed by atoms with Gasteiger partial charge in [-0.15, -0.1) is 0 Å². The van der Waals surface area contributed by atoms with Gasteiger partial charge < -0.3 is 10.1 Å². The van der Waals surface area contributed by atoms with Crippen molar-refractivity contribution in [1.82, 2.24) is 9.97 Å². The molecular weight excluding hydrogens is 327 g/mol. The number of aromatic nitrogens is 2. The molecular formula is C15H12Cl2N2OS. The van der Waals surface area contributed by atoms with Crippen molar-refractivity contribution < 1.29 is 5.11 Å². The van der Waals surface area contributed by atoms with E-state index in [1.165, 1.54) is 11.8 Å². The summed E-state index contributed by atoms with van der Waals surface area (Å²) in [5.74, 6) is 0.509. The molecule has 0 saturated carbocycles. The van der Waals surface area contributed by atoms with Crippen LogP contribution in [0.1, 0.15) is 11.7 Å². The molecule has 3 nitrogen and oxygen atoms in total. The highest BCUT2D eigenvalue weighted by Crippen LogP contribution is 2.26. The van der Waals surface area contributed by atoms with Gasteiger partial charge >= 0.3 is 0 Å². The van der Waals surface area contributed by atoms with Crippen molar-refractivity contribution in [2.75, 3.05) is 5.75 Å². The quantitative estimate of drug-likeness (QED) is 0.678. The number of benzene rings is 2. The predicted octanol–water partition coefficient (Wildman–Crippen LogP) is 4.70. The van der Waals surface area contributed by atoms with E-state index in [-0.39, 0.29) is 0 Å². The number of halogens is 2. The number of aromatic amines is 1. The highest BCUT2D eigenvalue weighted by molar-refractivity contribution is 7.99. The molecule has 6 heteroatoms. The Hall–Kier alpha value is -1.20. The molecule has 1 atom stereocenters. The minimum atomic E-state index is -0.566. The van der Waals surface area contributed by atoms with Gasteiger partial charge in [-0.05, 0) is 35.9 Å². The van der Waals surface area contributed by atoms with Gasteiger partial charge in [0.05, 0.1) is 17.1 Å². The number of nitrogens with zero attached hydrogens (tertiary/aromatic N) is 1. The molecule has 3 aromatic rings. The van der Waals surface area contributed by atoms with Crippen LogP contribution >= 0.6 is 35.0 Å². The molecule has 3 rings (SSSR count). The predicted molar refractivity (Wildman–Crippen MR) is 88.2 cm³/mol. The van der Waals surface area contributed by atoms with E-state index in [0.29, 0.717) is 15.8 Å². The van der Waals surface area contributed by atoms with Gasteiger partial charge in [-0.1, -0.05) is 47.1 Å². The van der Waals surface area contributed by atoms with Crippen molar-refractivity contribution in [3.63, 3.8) is 0 Å². The molecule has 108 valence electrons. The fourth-order valence-corrected chi connectivity index (χ4v) is 3.12. The number of hydrogen-bond donors (Lipinski definition) is 2. The van der Waals surface area contributed by atoms with Crippen molar-refractivity contribution in [2.24, 2.45) is 0 Å². The molecule has 0 spiro atoms. The number of H-pyrrole nitrogens is 1. The summed E-state index contributed by atoms with van der Waals surface area (Å²) >= 11 is 13.2. The van der Waals surface area contributed by atoms with Crippen LogP contribution in [0.4, 0.5) is 0 Å². The molecule has 0 saturated heterocycles. The lowest BCUT2D eigenvalue weighted by atomic mass is 10.1. The van der Waals surface area contributed by atoms with Crippen molar-refractivity contribution in [3.8, 4) is 0 Å². The fraction of sp³-hybridized carbons (Fsp3) is 0.133. The molecule has 0 amide bonds. The first kappa shape index (κ1) is 14.7. The lowest BCUT2D eigenvalue weighted by Crippen LogP contribution is -2.00. The molecule has 0 aliphatic heterocycles. The van der Waals surface area contributed by atoms with Crippen LogP contribution in [0.3, 0.4) is 0 Å². The van der Waals surface area contributed by atoms with E-state index >= 15 is 0 Å². The third-order valence-corrected chi connectivity index (χ3v) is 4.49. The maximum atomic E-state index is 10.2. The van der Waals surface area contributed by atoms with Crippen LogP contribution in [-0.4, -0.2) is 20.8 Å². The third-order valence-electron chi connectivity index (χ3n) is 3.05. The topological polar surface area (TPSA) is 48.9 Å². The van der Waals surface area contributed by atoms with E-state index in [0.717, 1.165) is 21.8 Å². The molecule has 0 radical (unpaired) electrons. The van der Waals surface area contributed by atoms with Crippen LogP contribution in [0.15, 0.2) is 47.6 Å². The Balaban J connectivity index is 1.69. The summed E-state index contributed by atoms with van der Waals surface area (Å²) in [6, 6.07) is 12.7. The number of imidazole rings is 1. The number of nitrogens with one attached hydrogen (secondary N) is 1. The lowest BCUT2D eigenvalue weighted by Gasteiger charge is -2.09. The first-order valence-electron chi connectivity index (χ1n) is 6.33. The lowest BCUT2D eigenvalue weighted by molar-refractivity contribution is 0.204. The number of hydrogen-bond acceptors (Lipinski definition) is 3. The Labute approximate surface area is 136 Å². The van der Waals surface area contributed by atoms with Crippen molar-refractivity contribution in [1.29, 1.82) is 0 Å². The van der Waals surface area contributed by atoms with Crippen LogP contribution in [0.5, 0.6) is 0 Å². The van der Waals surface area contributed by atoms with E-state index < -0.39 is 6.10 Å². The summed E-state index contributed by atoms with van der Waals surface area (Å²) in [6.07, 6.45) is -0.566. The van der Waals surface area contributed by atoms with E-state index in [2.05, 4.69) is 9.97 Å². The Morgan fingerprint density at radius 3 is 2.57 bits per heavy atom. The number of thioether (sulfide) groups is 1. The number of rotatable bonds is 4.